The number of amides is 1. The fourth-order valence-corrected chi connectivity index (χ4v) is 2.33. The number of aromatic amines is 1. The highest BCUT2D eigenvalue weighted by Crippen LogP contribution is 2.17. The SMILES string of the molecule is CCCNC(=O)c1n[nH]c(CC)c1S(N)(=O)=O. The van der Waals surface area contributed by atoms with Gasteiger partial charge in [0.1, 0.15) is 4.90 Å². The fourth-order valence-electron chi connectivity index (χ4n) is 1.39. The number of nitrogens with two attached hydrogens (primary N) is 1. The van der Waals surface area contributed by atoms with Gasteiger partial charge in [-0.25, -0.2) is 13.6 Å². The molecule has 1 amide bonds. The van der Waals surface area contributed by atoms with Crippen molar-refractivity contribution in [3.05, 3.63) is 11.4 Å². The molecule has 0 atom stereocenters. The van der Waals surface area contributed by atoms with Gasteiger partial charge >= 0.3 is 0 Å². The summed E-state index contributed by atoms with van der Waals surface area (Å²) >= 11 is 0. The number of aromatic nitrogens is 2. The standard InChI is InChI=1S/C9H16N4O3S/c1-3-5-11-9(14)7-8(17(10,15)16)6(4-2)12-13-7/h3-5H2,1-2H3,(H,11,14)(H,12,13)(H2,10,15,16). The molecule has 0 unspecified atom stereocenters. The minimum atomic E-state index is -3.96. The van der Waals surface area contributed by atoms with E-state index in [2.05, 4.69) is 15.5 Å². The van der Waals surface area contributed by atoms with Crippen LogP contribution in [0.5, 0.6) is 0 Å². The molecule has 1 aromatic rings. The molecule has 0 radical (unpaired) electrons. The summed E-state index contributed by atoms with van der Waals surface area (Å²) in [5.74, 6) is -0.535. The molecule has 0 fully saturated rings. The lowest BCUT2D eigenvalue weighted by molar-refractivity contribution is 0.0945. The molecular weight excluding hydrogens is 244 g/mol. The topological polar surface area (TPSA) is 118 Å². The molecule has 1 rings (SSSR count). The number of aryl methyl sites for hydroxylation is 1. The predicted molar refractivity (Wildman–Crippen MR) is 62.0 cm³/mol. The number of primary sulfonamides is 1. The Labute approximate surface area is 99.8 Å². The molecule has 4 N–H and O–H groups in total. The Kier molecular flexibility index (Phi) is 4.24. The van der Waals surface area contributed by atoms with Crippen molar-refractivity contribution in [1.82, 2.24) is 15.5 Å². The smallest absolute Gasteiger partial charge is 0.273 e. The number of hydrogen-bond donors (Lipinski definition) is 3. The van der Waals surface area contributed by atoms with Gasteiger partial charge < -0.3 is 5.32 Å². The van der Waals surface area contributed by atoms with Crippen molar-refractivity contribution >= 4 is 15.9 Å². The number of nitrogens with zero attached hydrogens (tertiary/aromatic N) is 1. The summed E-state index contributed by atoms with van der Waals surface area (Å²) < 4.78 is 22.8. The number of hydrogen-bond acceptors (Lipinski definition) is 4. The van der Waals surface area contributed by atoms with Gasteiger partial charge in [0.25, 0.3) is 5.91 Å². The van der Waals surface area contributed by atoms with Crippen molar-refractivity contribution < 1.29 is 13.2 Å². The molecule has 0 aliphatic rings. The Morgan fingerprint density at radius 3 is 2.59 bits per heavy atom. The molecule has 0 bridgehead atoms. The first-order valence-corrected chi connectivity index (χ1v) is 6.84. The lowest BCUT2D eigenvalue weighted by atomic mass is 10.3. The van der Waals surface area contributed by atoms with E-state index in [4.69, 9.17) is 5.14 Å². The Morgan fingerprint density at radius 2 is 2.12 bits per heavy atom. The van der Waals surface area contributed by atoms with Crippen LogP contribution in [0.3, 0.4) is 0 Å². The maximum absolute atomic E-state index is 11.7. The van der Waals surface area contributed by atoms with E-state index in [9.17, 15) is 13.2 Å². The molecule has 0 saturated carbocycles. The lowest BCUT2D eigenvalue weighted by Gasteiger charge is -2.03. The first kappa shape index (κ1) is 13.7. The Bertz CT molecular complexity index is 506. The van der Waals surface area contributed by atoms with E-state index in [1.165, 1.54) is 0 Å². The van der Waals surface area contributed by atoms with Gasteiger partial charge in [0.05, 0.1) is 5.69 Å². The Balaban J connectivity index is 3.17. The van der Waals surface area contributed by atoms with Crippen molar-refractivity contribution in [3.63, 3.8) is 0 Å². The fraction of sp³-hybridized carbons (Fsp3) is 0.556. The number of H-pyrrole nitrogens is 1. The van der Waals surface area contributed by atoms with Gasteiger partial charge in [0.2, 0.25) is 10.0 Å². The Hall–Kier alpha value is -1.41. The first-order chi connectivity index (χ1) is 7.91. The summed E-state index contributed by atoms with van der Waals surface area (Å²) in [6.45, 7) is 4.09. The summed E-state index contributed by atoms with van der Waals surface area (Å²) in [7, 11) is -3.96. The van der Waals surface area contributed by atoms with E-state index in [1.54, 1.807) is 6.92 Å². The zero-order valence-electron chi connectivity index (χ0n) is 9.78. The maximum Gasteiger partial charge on any atom is 0.273 e. The molecule has 0 aromatic carbocycles. The molecular formula is C9H16N4O3S. The van der Waals surface area contributed by atoms with Gasteiger partial charge in [-0.2, -0.15) is 5.10 Å². The second kappa shape index (κ2) is 5.28. The van der Waals surface area contributed by atoms with Crippen LogP contribution in [-0.4, -0.2) is 31.1 Å². The summed E-state index contributed by atoms with van der Waals surface area (Å²) in [5.41, 5.74) is 0.173. The minimum absolute atomic E-state index is 0.169. The first-order valence-electron chi connectivity index (χ1n) is 5.30. The third-order valence-electron chi connectivity index (χ3n) is 2.18. The van der Waals surface area contributed by atoms with Crippen LogP contribution < -0.4 is 10.5 Å². The number of nitrogens with one attached hydrogen (secondary N) is 2. The molecule has 7 nitrogen and oxygen atoms in total. The molecule has 1 heterocycles. The molecule has 0 saturated heterocycles. The van der Waals surface area contributed by atoms with Gasteiger partial charge in [-0.05, 0) is 12.8 Å². The normalized spacial score (nSPS) is 11.5. The van der Waals surface area contributed by atoms with E-state index in [-0.39, 0.29) is 10.6 Å². The zero-order valence-corrected chi connectivity index (χ0v) is 10.6. The van der Waals surface area contributed by atoms with Gasteiger partial charge in [-0.3, -0.25) is 9.89 Å². The summed E-state index contributed by atoms with van der Waals surface area (Å²) in [6.07, 6.45) is 1.15. The molecule has 17 heavy (non-hydrogen) atoms. The van der Waals surface area contributed by atoms with Crippen LogP contribution in [0.2, 0.25) is 0 Å². The van der Waals surface area contributed by atoms with E-state index in [1.807, 2.05) is 6.92 Å². The van der Waals surface area contributed by atoms with Crippen molar-refractivity contribution in [2.24, 2.45) is 5.14 Å². The highest BCUT2D eigenvalue weighted by atomic mass is 32.2. The summed E-state index contributed by atoms with van der Waals surface area (Å²) in [4.78, 5) is 11.5. The van der Waals surface area contributed by atoms with Gasteiger partial charge in [0.15, 0.2) is 5.69 Å². The highest BCUT2D eigenvalue weighted by molar-refractivity contribution is 7.89. The van der Waals surface area contributed by atoms with Crippen LogP contribution in [0.1, 0.15) is 36.5 Å². The molecule has 8 heteroatoms. The maximum atomic E-state index is 11.7. The van der Waals surface area contributed by atoms with Crippen LogP contribution in [0.25, 0.3) is 0 Å². The van der Waals surface area contributed by atoms with Crippen molar-refractivity contribution in [2.45, 2.75) is 31.6 Å². The monoisotopic (exact) mass is 260 g/mol. The lowest BCUT2D eigenvalue weighted by Crippen LogP contribution is -2.27. The van der Waals surface area contributed by atoms with Crippen LogP contribution in [0.4, 0.5) is 0 Å². The van der Waals surface area contributed by atoms with Crippen LogP contribution >= 0.6 is 0 Å². The second-order valence-corrected chi connectivity index (χ2v) is 5.03. The average Bonchev–Trinajstić information content (AvgIpc) is 2.69. The van der Waals surface area contributed by atoms with Gasteiger partial charge in [0, 0.05) is 6.54 Å². The van der Waals surface area contributed by atoms with Crippen molar-refractivity contribution in [3.8, 4) is 0 Å². The Morgan fingerprint density at radius 1 is 1.47 bits per heavy atom. The van der Waals surface area contributed by atoms with Gasteiger partial charge in [-0.1, -0.05) is 13.8 Å². The van der Waals surface area contributed by atoms with Gasteiger partial charge in [-0.15, -0.1) is 0 Å². The van der Waals surface area contributed by atoms with Crippen LogP contribution in [-0.2, 0) is 16.4 Å². The number of sulfonamides is 1. The number of carbonyl (C=O) groups is 1. The average molecular weight is 260 g/mol. The third-order valence-corrected chi connectivity index (χ3v) is 3.19. The summed E-state index contributed by atoms with van der Waals surface area (Å²) in [6, 6.07) is 0. The molecule has 0 aliphatic heterocycles. The van der Waals surface area contributed by atoms with E-state index < -0.39 is 15.9 Å². The third kappa shape index (κ3) is 3.04. The number of rotatable bonds is 5. The molecule has 0 spiro atoms. The largest absolute Gasteiger partial charge is 0.351 e. The molecule has 1 aromatic heterocycles. The zero-order chi connectivity index (χ0) is 13.1. The summed E-state index contributed by atoms with van der Waals surface area (Å²) in [5, 5.41) is 13.9. The molecule has 96 valence electrons. The van der Waals surface area contributed by atoms with Crippen molar-refractivity contribution in [2.75, 3.05) is 6.54 Å². The quantitative estimate of drug-likeness (QED) is 0.677. The minimum Gasteiger partial charge on any atom is -0.351 e. The van der Waals surface area contributed by atoms with E-state index in [0.717, 1.165) is 6.42 Å². The van der Waals surface area contributed by atoms with E-state index >= 15 is 0 Å². The van der Waals surface area contributed by atoms with E-state index in [0.29, 0.717) is 18.7 Å². The second-order valence-electron chi connectivity index (χ2n) is 3.53. The molecule has 0 aliphatic carbocycles. The number of carbonyl (C=O) groups excluding carboxylic acids is 1. The van der Waals surface area contributed by atoms with Crippen LogP contribution in [0, 0.1) is 0 Å². The predicted octanol–water partition coefficient (Wildman–Crippen LogP) is -0.241. The van der Waals surface area contributed by atoms with Crippen LogP contribution in [0.15, 0.2) is 4.90 Å². The van der Waals surface area contributed by atoms with Crippen molar-refractivity contribution in [1.29, 1.82) is 0 Å². The highest BCUT2D eigenvalue weighted by Gasteiger charge is 2.26.